The van der Waals surface area contributed by atoms with Crippen molar-refractivity contribution in [1.82, 2.24) is 5.32 Å². The summed E-state index contributed by atoms with van der Waals surface area (Å²) in [7, 11) is 0. The van der Waals surface area contributed by atoms with Gasteiger partial charge in [-0.15, -0.1) is 11.6 Å². The smallest absolute Gasteiger partial charge is 0.344 e. The van der Waals surface area contributed by atoms with Gasteiger partial charge in [-0.25, -0.2) is 0 Å². The molecule has 0 aliphatic carbocycles. The van der Waals surface area contributed by atoms with E-state index >= 15 is 0 Å². The zero-order valence-corrected chi connectivity index (χ0v) is 6.46. The van der Waals surface area contributed by atoms with E-state index < -0.39 is 24.0 Å². The number of hydrogen-bond donors (Lipinski definition) is 1. The zero-order chi connectivity index (χ0) is 9.07. The quantitative estimate of drug-likeness (QED) is 0.652. The van der Waals surface area contributed by atoms with Crippen LogP contribution in [-0.2, 0) is 4.79 Å². The highest BCUT2D eigenvalue weighted by Crippen LogP contribution is 2.19. The first kappa shape index (κ1) is 10.6. The Morgan fingerprint density at radius 2 is 2.09 bits per heavy atom. The van der Waals surface area contributed by atoms with Gasteiger partial charge in [0.1, 0.15) is 11.9 Å². The van der Waals surface area contributed by atoms with Crippen molar-refractivity contribution < 1.29 is 18.0 Å². The van der Waals surface area contributed by atoms with E-state index in [1.165, 1.54) is 0 Å². The monoisotopic (exact) mass is 189 g/mol. The molecule has 1 atom stereocenters. The molecular weight excluding hydrogens is 183 g/mol. The molecule has 0 aromatic heterocycles. The number of amides is 1. The number of halogens is 4. The Hall–Kier alpha value is -0.450. The number of carbonyl (C=O) groups excluding carboxylic acids is 1. The van der Waals surface area contributed by atoms with Crippen LogP contribution in [0.5, 0.6) is 0 Å². The third-order valence-electron chi connectivity index (χ3n) is 0.990. The van der Waals surface area contributed by atoms with E-state index in [1.807, 2.05) is 0 Å². The maximum absolute atomic E-state index is 11.7. The molecule has 0 aliphatic rings. The van der Waals surface area contributed by atoms with Gasteiger partial charge in [0.15, 0.2) is 0 Å². The number of nitrogens with one attached hydrogen (secondary N) is 1. The van der Waals surface area contributed by atoms with E-state index in [1.54, 1.807) is 5.32 Å². The number of carbonyl (C=O) groups is 1. The molecule has 1 amide bonds. The van der Waals surface area contributed by atoms with Gasteiger partial charge in [-0.05, 0) is 6.92 Å². The molecular formula is C5H7ClF3NO. The Bertz CT molecular complexity index is 147. The summed E-state index contributed by atoms with van der Waals surface area (Å²) in [6, 6.07) is -1.84. The second-order valence-corrected chi connectivity index (χ2v) is 2.23. The Morgan fingerprint density at radius 1 is 1.64 bits per heavy atom. The number of alkyl halides is 4. The van der Waals surface area contributed by atoms with Crippen molar-refractivity contribution in [2.75, 3.05) is 5.88 Å². The molecule has 1 unspecified atom stereocenters. The van der Waals surface area contributed by atoms with Crippen LogP contribution in [0, 0.1) is 0 Å². The Balaban J connectivity index is 3.87. The van der Waals surface area contributed by atoms with Crippen molar-refractivity contribution in [3.63, 3.8) is 0 Å². The van der Waals surface area contributed by atoms with Crippen molar-refractivity contribution >= 4 is 17.5 Å². The molecule has 0 saturated heterocycles. The summed E-state index contributed by atoms with van der Waals surface area (Å²) in [6.45, 7) is 0.852. The molecule has 11 heavy (non-hydrogen) atoms. The molecule has 0 fully saturated rings. The van der Waals surface area contributed by atoms with Crippen molar-refractivity contribution in [1.29, 1.82) is 0 Å². The zero-order valence-electron chi connectivity index (χ0n) is 5.70. The first-order valence-corrected chi connectivity index (χ1v) is 3.33. The van der Waals surface area contributed by atoms with Crippen LogP contribution >= 0.6 is 11.6 Å². The van der Waals surface area contributed by atoms with Crippen LogP contribution in [0.25, 0.3) is 0 Å². The van der Waals surface area contributed by atoms with E-state index in [2.05, 4.69) is 0 Å². The van der Waals surface area contributed by atoms with Crippen molar-refractivity contribution in [2.45, 2.75) is 19.1 Å². The van der Waals surface area contributed by atoms with Gasteiger partial charge in [0, 0.05) is 0 Å². The summed E-state index contributed by atoms with van der Waals surface area (Å²) >= 11 is 4.97. The van der Waals surface area contributed by atoms with E-state index in [0.717, 1.165) is 6.92 Å². The standard InChI is InChI=1S/C5H7ClF3NO/c1-3(5(7,8)9)10-4(11)2-6/h3H,2H2,1H3,(H,10,11). The fourth-order valence-corrected chi connectivity index (χ4v) is 0.439. The Kier molecular flexibility index (Phi) is 3.65. The molecule has 2 nitrogen and oxygen atoms in total. The largest absolute Gasteiger partial charge is 0.408 e. The molecule has 0 aromatic rings. The number of hydrogen-bond acceptors (Lipinski definition) is 1. The Labute approximate surface area is 66.7 Å². The molecule has 0 aliphatic heterocycles. The predicted octanol–water partition coefficient (Wildman–Crippen LogP) is 1.29. The minimum Gasteiger partial charge on any atom is -0.344 e. The second-order valence-electron chi connectivity index (χ2n) is 1.96. The first-order valence-electron chi connectivity index (χ1n) is 2.80. The predicted molar refractivity (Wildman–Crippen MR) is 34.4 cm³/mol. The lowest BCUT2D eigenvalue weighted by molar-refractivity contribution is -0.157. The van der Waals surface area contributed by atoms with E-state index in [-0.39, 0.29) is 0 Å². The minimum atomic E-state index is -4.40. The average molecular weight is 190 g/mol. The minimum absolute atomic E-state index is 0.458. The molecule has 66 valence electrons. The highest BCUT2D eigenvalue weighted by Gasteiger charge is 2.36. The van der Waals surface area contributed by atoms with Crippen LogP contribution in [-0.4, -0.2) is 24.0 Å². The second kappa shape index (κ2) is 3.80. The maximum atomic E-state index is 11.7. The van der Waals surface area contributed by atoms with Gasteiger partial charge in [-0.3, -0.25) is 4.79 Å². The van der Waals surface area contributed by atoms with Gasteiger partial charge in [-0.1, -0.05) is 0 Å². The molecule has 0 saturated carbocycles. The molecule has 0 rings (SSSR count). The molecule has 1 N–H and O–H groups in total. The lowest BCUT2D eigenvalue weighted by atomic mass is 10.3. The van der Waals surface area contributed by atoms with Gasteiger partial charge in [0.25, 0.3) is 0 Å². The van der Waals surface area contributed by atoms with Gasteiger partial charge in [0.05, 0.1) is 0 Å². The lowest BCUT2D eigenvalue weighted by Gasteiger charge is -2.15. The summed E-state index contributed by atoms with van der Waals surface area (Å²) < 4.78 is 35.1. The van der Waals surface area contributed by atoms with Crippen LogP contribution < -0.4 is 5.32 Å². The Morgan fingerprint density at radius 3 is 2.36 bits per heavy atom. The summed E-state index contributed by atoms with van der Waals surface area (Å²) in [5.41, 5.74) is 0. The fraction of sp³-hybridized carbons (Fsp3) is 0.800. The molecule has 0 bridgehead atoms. The molecule has 0 radical (unpaired) electrons. The molecule has 0 spiro atoms. The van der Waals surface area contributed by atoms with Crippen LogP contribution in [0.15, 0.2) is 0 Å². The van der Waals surface area contributed by atoms with Crippen LogP contribution in [0.1, 0.15) is 6.92 Å². The third-order valence-corrected chi connectivity index (χ3v) is 1.23. The van der Waals surface area contributed by atoms with E-state index in [0.29, 0.717) is 0 Å². The summed E-state index contributed by atoms with van der Waals surface area (Å²) in [5, 5.41) is 1.67. The normalized spacial score (nSPS) is 14.3. The van der Waals surface area contributed by atoms with Crippen molar-refractivity contribution in [3.8, 4) is 0 Å². The number of rotatable bonds is 2. The summed E-state index contributed by atoms with van der Waals surface area (Å²) in [6.07, 6.45) is -4.40. The van der Waals surface area contributed by atoms with Gasteiger partial charge < -0.3 is 5.32 Å². The SMILES string of the molecule is CC(NC(=O)CCl)C(F)(F)F. The van der Waals surface area contributed by atoms with Crippen molar-refractivity contribution in [2.24, 2.45) is 0 Å². The van der Waals surface area contributed by atoms with Crippen LogP contribution in [0.4, 0.5) is 13.2 Å². The van der Waals surface area contributed by atoms with Crippen molar-refractivity contribution in [3.05, 3.63) is 0 Å². The summed E-state index contributed by atoms with van der Waals surface area (Å²) in [5.74, 6) is -1.28. The first-order chi connectivity index (χ1) is 4.88. The molecule has 6 heteroatoms. The highest BCUT2D eigenvalue weighted by molar-refractivity contribution is 6.27. The average Bonchev–Trinajstić information content (AvgIpc) is 1.85. The van der Waals surface area contributed by atoms with E-state index in [9.17, 15) is 18.0 Å². The van der Waals surface area contributed by atoms with E-state index in [4.69, 9.17) is 11.6 Å². The third kappa shape index (κ3) is 4.08. The van der Waals surface area contributed by atoms with Crippen LogP contribution in [0.3, 0.4) is 0 Å². The van der Waals surface area contributed by atoms with Crippen LogP contribution in [0.2, 0.25) is 0 Å². The lowest BCUT2D eigenvalue weighted by Crippen LogP contribution is -2.43. The molecule has 0 aromatic carbocycles. The molecule has 0 heterocycles. The van der Waals surface area contributed by atoms with Gasteiger partial charge >= 0.3 is 6.18 Å². The summed E-state index contributed by atoms with van der Waals surface area (Å²) in [4.78, 5) is 10.3. The topological polar surface area (TPSA) is 29.1 Å². The maximum Gasteiger partial charge on any atom is 0.408 e. The highest BCUT2D eigenvalue weighted by atomic mass is 35.5. The van der Waals surface area contributed by atoms with Gasteiger partial charge in [0.2, 0.25) is 5.91 Å². The fourth-order valence-electron chi connectivity index (χ4n) is 0.362. The van der Waals surface area contributed by atoms with Gasteiger partial charge in [-0.2, -0.15) is 13.2 Å².